The Morgan fingerprint density at radius 2 is 1.69 bits per heavy atom. The van der Waals surface area contributed by atoms with Crippen LogP contribution < -0.4 is 14.4 Å². The van der Waals surface area contributed by atoms with Crippen LogP contribution in [0.4, 0.5) is 5.69 Å². The SMILES string of the molecule is CC[C@H](C)NC(=O)[C@@H](C)N(Cc1ccccc1C)C(=O)CCCN(c1ccccc1OC)S(C)(=O)=O. The molecule has 0 unspecified atom stereocenters. The van der Waals surface area contributed by atoms with Gasteiger partial charge >= 0.3 is 0 Å². The zero-order chi connectivity index (χ0) is 26.9. The van der Waals surface area contributed by atoms with E-state index in [2.05, 4.69) is 5.32 Å². The molecule has 0 heterocycles. The van der Waals surface area contributed by atoms with Crippen LogP contribution in [-0.2, 0) is 26.2 Å². The van der Waals surface area contributed by atoms with Gasteiger partial charge in [0.25, 0.3) is 0 Å². The largest absolute Gasteiger partial charge is 0.495 e. The van der Waals surface area contributed by atoms with Gasteiger partial charge in [0, 0.05) is 25.6 Å². The number of methoxy groups -OCH3 is 1. The third kappa shape index (κ3) is 7.98. The zero-order valence-electron chi connectivity index (χ0n) is 22.2. The number of anilines is 1. The van der Waals surface area contributed by atoms with E-state index in [0.29, 0.717) is 18.0 Å². The van der Waals surface area contributed by atoms with Crippen molar-refractivity contribution in [3.8, 4) is 5.75 Å². The number of hydrogen-bond donors (Lipinski definition) is 1. The molecule has 2 aromatic carbocycles. The van der Waals surface area contributed by atoms with Crippen molar-refractivity contribution in [2.45, 2.75) is 65.6 Å². The average Bonchev–Trinajstić information content (AvgIpc) is 2.84. The van der Waals surface area contributed by atoms with Crippen LogP contribution in [0.25, 0.3) is 0 Å². The first-order valence-electron chi connectivity index (χ1n) is 12.2. The second-order valence-electron chi connectivity index (χ2n) is 9.05. The highest BCUT2D eigenvalue weighted by molar-refractivity contribution is 7.92. The van der Waals surface area contributed by atoms with Gasteiger partial charge in [0.1, 0.15) is 11.8 Å². The molecule has 2 atom stereocenters. The molecular weight excluding hydrogens is 478 g/mol. The van der Waals surface area contributed by atoms with E-state index in [-0.39, 0.29) is 37.2 Å². The number of ether oxygens (including phenoxy) is 1. The summed E-state index contributed by atoms with van der Waals surface area (Å²) in [6.45, 7) is 8.01. The molecule has 198 valence electrons. The Labute approximate surface area is 215 Å². The molecule has 0 aromatic heterocycles. The molecule has 0 aliphatic carbocycles. The highest BCUT2D eigenvalue weighted by Gasteiger charge is 2.28. The monoisotopic (exact) mass is 517 g/mol. The van der Waals surface area contributed by atoms with Gasteiger partial charge in [-0.15, -0.1) is 0 Å². The fourth-order valence-electron chi connectivity index (χ4n) is 3.84. The number of sulfonamides is 1. The minimum absolute atomic E-state index is 0.000430. The predicted octanol–water partition coefficient (Wildman–Crippen LogP) is 3.88. The number of amides is 2. The van der Waals surface area contributed by atoms with Gasteiger partial charge in [-0.25, -0.2) is 8.42 Å². The number of nitrogens with zero attached hydrogens (tertiary/aromatic N) is 2. The van der Waals surface area contributed by atoms with Crippen molar-refractivity contribution in [3.05, 3.63) is 59.7 Å². The average molecular weight is 518 g/mol. The van der Waals surface area contributed by atoms with Gasteiger partial charge in [-0.1, -0.05) is 43.3 Å². The molecule has 0 aliphatic heterocycles. The minimum atomic E-state index is -3.60. The van der Waals surface area contributed by atoms with Crippen LogP contribution in [0.3, 0.4) is 0 Å². The Bertz CT molecular complexity index is 1140. The van der Waals surface area contributed by atoms with E-state index in [0.717, 1.165) is 23.8 Å². The van der Waals surface area contributed by atoms with Gasteiger partial charge in [0.05, 0.1) is 19.1 Å². The molecular formula is C27H39N3O5S. The number of rotatable bonds is 13. The second kappa shape index (κ2) is 13.3. The van der Waals surface area contributed by atoms with Crippen LogP contribution in [0.15, 0.2) is 48.5 Å². The van der Waals surface area contributed by atoms with Crippen LogP contribution in [0, 0.1) is 6.92 Å². The summed E-state index contributed by atoms with van der Waals surface area (Å²) in [6, 6.07) is 14.0. The van der Waals surface area contributed by atoms with Gasteiger partial charge in [0.15, 0.2) is 0 Å². The highest BCUT2D eigenvalue weighted by atomic mass is 32.2. The number of carbonyl (C=O) groups excluding carboxylic acids is 2. The van der Waals surface area contributed by atoms with Crippen molar-refractivity contribution in [3.63, 3.8) is 0 Å². The Morgan fingerprint density at radius 1 is 1.06 bits per heavy atom. The summed E-state index contributed by atoms with van der Waals surface area (Å²) < 4.78 is 31.7. The summed E-state index contributed by atoms with van der Waals surface area (Å²) >= 11 is 0. The molecule has 0 fully saturated rings. The Morgan fingerprint density at radius 3 is 2.31 bits per heavy atom. The standard InChI is InChI=1S/C27H39N3O5S/c1-7-21(3)28-27(32)22(4)29(19-23-14-9-8-13-20(23)2)26(31)17-12-18-30(36(6,33)34)24-15-10-11-16-25(24)35-5/h8-11,13-16,21-22H,7,12,17-19H2,1-6H3,(H,28,32)/t21-,22+/m0/s1. The van der Waals surface area contributed by atoms with Crippen molar-refractivity contribution < 1.29 is 22.7 Å². The van der Waals surface area contributed by atoms with E-state index >= 15 is 0 Å². The summed E-state index contributed by atoms with van der Waals surface area (Å²) in [5.74, 6) is 0.0161. The number of para-hydroxylation sites is 2. The lowest BCUT2D eigenvalue weighted by Gasteiger charge is -2.30. The van der Waals surface area contributed by atoms with E-state index in [9.17, 15) is 18.0 Å². The van der Waals surface area contributed by atoms with Crippen LogP contribution in [0.1, 0.15) is 51.2 Å². The molecule has 36 heavy (non-hydrogen) atoms. The summed E-state index contributed by atoms with van der Waals surface area (Å²) in [5, 5.41) is 2.96. The smallest absolute Gasteiger partial charge is 0.242 e. The van der Waals surface area contributed by atoms with Crippen LogP contribution in [-0.4, -0.2) is 57.1 Å². The quantitative estimate of drug-likeness (QED) is 0.435. The molecule has 1 N–H and O–H groups in total. The maximum atomic E-state index is 13.4. The van der Waals surface area contributed by atoms with Gasteiger partial charge in [-0.2, -0.15) is 0 Å². The van der Waals surface area contributed by atoms with E-state index in [1.807, 2.05) is 45.0 Å². The van der Waals surface area contributed by atoms with Gasteiger partial charge in [-0.05, 0) is 56.9 Å². The lowest BCUT2D eigenvalue weighted by Crippen LogP contribution is -2.49. The molecule has 2 amide bonds. The molecule has 0 saturated carbocycles. The fraction of sp³-hybridized carbons (Fsp3) is 0.481. The molecule has 0 spiro atoms. The maximum Gasteiger partial charge on any atom is 0.242 e. The van der Waals surface area contributed by atoms with E-state index in [1.165, 1.54) is 11.4 Å². The zero-order valence-corrected chi connectivity index (χ0v) is 23.0. The molecule has 0 saturated heterocycles. The van der Waals surface area contributed by atoms with Crippen LogP contribution in [0.5, 0.6) is 5.75 Å². The first-order chi connectivity index (χ1) is 17.0. The van der Waals surface area contributed by atoms with Crippen molar-refractivity contribution >= 4 is 27.5 Å². The molecule has 2 aromatic rings. The van der Waals surface area contributed by atoms with E-state index in [4.69, 9.17) is 4.74 Å². The highest BCUT2D eigenvalue weighted by Crippen LogP contribution is 2.29. The summed E-state index contributed by atoms with van der Waals surface area (Å²) in [7, 11) is -2.12. The third-order valence-corrected chi connectivity index (χ3v) is 7.46. The first-order valence-corrected chi connectivity index (χ1v) is 14.1. The number of hydrogen-bond acceptors (Lipinski definition) is 5. The fourth-order valence-corrected chi connectivity index (χ4v) is 4.81. The lowest BCUT2D eigenvalue weighted by molar-refractivity contribution is -0.140. The predicted molar refractivity (Wildman–Crippen MR) is 144 cm³/mol. The number of aryl methyl sites for hydroxylation is 1. The van der Waals surface area contributed by atoms with Crippen molar-refractivity contribution in [1.82, 2.24) is 10.2 Å². The number of carbonyl (C=O) groups is 2. The molecule has 9 heteroatoms. The Kier molecular flexibility index (Phi) is 10.8. The van der Waals surface area contributed by atoms with Crippen molar-refractivity contribution in [1.29, 1.82) is 0 Å². The molecule has 8 nitrogen and oxygen atoms in total. The Balaban J connectivity index is 2.21. The Hall–Kier alpha value is -3.07. The molecule has 2 rings (SSSR count). The second-order valence-corrected chi connectivity index (χ2v) is 11.0. The number of nitrogens with one attached hydrogen (secondary N) is 1. The third-order valence-electron chi connectivity index (χ3n) is 6.28. The molecule has 0 radical (unpaired) electrons. The lowest BCUT2D eigenvalue weighted by atomic mass is 10.1. The van der Waals surface area contributed by atoms with Gasteiger partial charge < -0.3 is 15.0 Å². The number of benzene rings is 2. The van der Waals surface area contributed by atoms with E-state index in [1.54, 1.807) is 36.1 Å². The summed E-state index contributed by atoms with van der Waals surface area (Å²) in [4.78, 5) is 27.9. The van der Waals surface area contributed by atoms with Crippen LogP contribution >= 0.6 is 0 Å². The summed E-state index contributed by atoms with van der Waals surface area (Å²) in [5.41, 5.74) is 2.41. The van der Waals surface area contributed by atoms with Crippen LogP contribution in [0.2, 0.25) is 0 Å². The van der Waals surface area contributed by atoms with Crippen molar-refractivity contribution in [2.75, 3.05) is 24.2 Å². The van der Waals surface area contributed by atoms with Gasteiger partial charge in [0.2, 0.25) is 21.8 Å². The molecule has 0 aliphatic rings. The van der Waals surface area contributed by atoms with Crippen molar-refractivity contribution in [2.24, 2.45) is 0 Å². The topological polar surface area (TPSA) is 96.0 Å². The first kappa shape index (κ1) is 29.2. The molecule has 0 bridgehead atoms. The maximum absolute atomic E-state index is 13.4. The van der Waals surface area contributed by atoms with E-state index < -0.39 is 16.1 Å². The normalized spacial score (nSPS) is 12.9. The summed E-state index contributed by atoms with van der Waals surface area (Å²) in [6.07, 6.45) is 2.30. The van der Waals surface area contributed by atoms with Gasteiger partial charge in [-0.3, -0.25) is 13.9 Å². The minimum Gasteiger partial charge on any atom is -0.495 e.